The molecule has 0 aliphatic rings. The highest BCUT2D eigenvalue weighted by Crippen LogP contribution is 2.25. The van der Waals surface area contributed by atoms with Gasteiger partial charge in [-0.2, -0.15) is 0 Å². The van der Waals surface area contributed by atoms with Gasteiger partial charge in [0.2, 0.25) is 5.91 Å². The van der Waals surface area contributed by atoms with E-state index in [-0.39, 0.29) is 6.42 Å². The summed E-state index contributed by atoms with van der Waals surface area (Å²) in [5, 5.41) is 20.5. The third kappa shape index (κ3) is 2.98. The van der Waals surface area contributed by atoms with Crippen molar-refractivity contribution in [3.63, 3.8) is 0 Å². The largest absolute Gasteiger partial charge is 0.390 e. The third-order valence-electron chi connectivity index (χ3n) is 2.73. The summed E-state index contributed by atoms with van der Waals surface area (Å²) in [6.45, 7) is 0. The van der Waals surface area contributed by atoms with E-state index in [0.29, 0.717) is 21.6 Å². The number of halogens is 1. The van der Waals surface area contributed by atoms with Crippen LogP contribution in [0.3, 0.4) is 0 Å². The zero-order valence-corrected chi connectivity index (χ0v) is 10.6. The second-order valence-electron chi connectivity index (χ2n) is 4.12. The van der Waals surface area contributed by atoms with Crippen molar-refractivity contribution in [1.82, 2.24) is 9.97 Å². The fraction of sp³-hybridized carbons (Fsp3) is 0.250. The van der Waals surface area contributed by atoms with Crippen molar-refractivity contribution in [2.45, 2.75) is 18.6 Å². The zero-order valence-electron chi connectivity index (χ0n) is 9.82. The van der Waals surface area contributed by atoms with Gasteiger partial charge < -0.3 is 15.9 Å². The average molecular weight is 282 g/mol. The number of hydrogen-bond acceptors (Lipinski definition) is 5. The van der Waals surface area contributed by atoms with Crippen molar-refractivity contribution in [2.75, 3.05) is 0 Å². The molecule has 2 aromatic rings. The van der Waals surface area contributed by atoms with Crippen LogP contribution in [0, 0.1) is 0 Å². The minimum absolute atomic E-state index is 0.309. The smallest absolute Gasteiger partial charge is 0.220 e. The van der Waals surface area contributed by atoms with Gasteiger partial charge in [-0.05, 0) is 17.7 Å². The first kappa shape index (κ1) is 13.7. The number of aliphatic hydroxyl groups is 2. The molecule has 1 aromatic heterocycles. The molecule has 0 saturated carbocycles. The van der Waals surface area contributed by atoms with E-state index < -0.39 is 18.1 Å². The first-order chi connectivity index (χ1) is 8.99. The fourth-order valence-electron chi connectivity index (χ4n) is 1.77. The number of amides is 1. The van der Waals surface area contributed by atoms with Gasteiger partial charge in [-0.25, -0.2) is 9.97 Å². The number of carbonyl (C=O) groups excluding carboxylic acids is 1. The summed E-state index contributed by atoms with van der Waals surface area (Å²) in [6.07, 6.45) is -1.48. The van der Waals surface area contributed by atoms with E-state index in [1.165, 1.54) is 6.33 Å². The van der Waals surface area contributed by atoms with Gasteiger partial charge in [-0.3, -0.25) is 4.79 Å². The number of aliphatic hydroxyl groups excluding tert-OH is 2. The molecule has 0 radical (unpaired) electrons. The lowest BCUT2D eigenvalue weighted by molar-refractivity contribution is -0.121. The zero-order chi connectivity index (χ0) is 14.0. The average Bonchev–Trinajstić information content (AvgIpc) is 2.37. The summed E-state index contributed by atoms with van der Waals surface area (Å²) < 4.78 is 0. The summed E-state index contributed by atoms with van der Waals surface area (Å²) in [6, 6.07) is 4.82. The van der Waals surface area contributed by atoms with Crippen LogP contribution in [0.5, 0.6) is 0 Å². The van der Waals surface area contributed by atoms with E-state index in [9.17, 15) is 15.0 Å². The Kier molecular flexibility index (Phi) is 3.94. The lowest BCUT2D eigenvalue weighted by Gasteiger charge is -2.17. The van der Waals surface area contributed by atoms with Gasteiger partial charge in [-0.1, -0.05) is 17.7 Å². The molecule has 0 saturated heterocycles. The molecule has 19 heavy (non-hydrogen) atoms. The van der Waals surface area contributed by atoms with Crippen LogP contribution in [-0.4, -0.2) is 32.2 Å². The van der Waals surface area contributed by atoms with Gasteiger partial charge in [0.25, 0.3) is 0 Å². The van der Waals surface area contributed by atoms with Crippen LogP contribution in [0.1, 0.15) is 18.1 Å². The van der Waals surface area contributed by atoms with Crippen molar-refractivity contribution < 1.29 is 15.0 Å². The van der Waals surface area contributed by atoms with Crippen LogP contribution in [0.15, 0.2) is 24.5 Å². The summed E-state index contributed by atoms with van der Waals surface area (Å²) in [7, 11) is 0. The van der Waals surface area contributed by atoms with E-state index >= 15 is 0 Å². The van der Waals surface area contributed by atoms with E-state index in [4.69, 9.17) is 17.3 Å². The molecule has 0 aliphatic carbocycles. The second kappa shape index (κ2) is 5.48. The van der Waals surface area contributed by atoms with Crippen molar-refractivity contribution >= 4 is 28.4 Å². The van der Waals surface area contributed by atoms with Gasteiger partial charge >= 0.3 is 0 Å². The molecule has 2 atom stereocenters. The predicted molar refractivity (Wildman–Crippen MR) is 69.3 cm³/mol. The predicted octanol–water partition coefficient (Wildman–Crippen LogP) is 0.553. The van der Waals surface area contributed by atoms with E-state index in [0.717, 1.165) is 0 Å². The number of rotatable bonds is 4. The van der Waals surface area contributed by atoms with Gasteiger partial charge in [-0.15, -0.1) is 0 Å². The topological polar surface area (TPSA) is 109 Å². The van der Waals surface area contributed by atoms with E-state index in [1.807, 2.05) is 0 Å². The molecule has 0 spiro atoms. The SMILES string of the molecule is NC(=O)CC(O)C(O)c1ccc2c(Cl)ncnc2c1. The molecule has 1 aromatic carbocycles. The Morgan fingerprint density at radius 2 is 2.11 bits per heavy atom. The van der Waals surface area contributed by atoms with Crippen molar-refractivity contribution in [1.29, 1.82) is 0 Å². The van der Waals surface area contributed by atoms with Crippen LogP contribution in [0.2, 0.25) is 5.15 Å². The molecule has 4 N–H and O–H groups in total. The maximum atomic E-state index is 10.7. The third-order valence-corrected chi connectivity index (χ3v) is 3.03. The van der Waals surface area contributed by atoms with Gasteiger partial charge in [0.15, 0.2) is 0 Å². The maximum absolute atomic E-state index is 10.7. The molecule has 1 amide bonds. The number of nitrogens with two attached hydrogens (primary N) is 1. The molecule has 0 fully saturated rings. The van der Waals surface area contributed by atoms with E-state index in [2.05, 4.69) is 9.97 Å². The molecule has 0 bridgehead atoms. The van der Waals surface area contributed by atoms with Crippen LogP contribution < -0.4 is 5.73 Å². The van der Waals surface area contributed by atoms with Gasteiger partial charge in [0.1, 0.15) is 17.6 Å². The Morgan fingerprint density at radius 3 is 2.79 bits per heavy atom. The molecule has 2 unspecified atom stereocenters. The molecule has 1 heterocycles. The molecule has 2 rings (SSSR count). The van der Waals surface area contributed by atoms with Crippen LogP contribution in [-0.2, 0) is 4.79 Å². The number of benzene rings is 1. The van der Waals surface area contributed by atoms with Crippen LogP contribution in [0.25, 0.3) is 10.9 Å². The Balaban J connectivity index is 2.33. The Hall–Kier alpha value is -1.76. The lowest BCUT2D eigenvalue weighted by Crippen LogP contribution is -2.25. The first-order valence-corrected chi connectivity index (χ1v) is 5.91. The van der Waals surface area contributed by atoms with Crippen molar-refractivity contribution in [3.05, 3.63) is 35.2 Å². The standard InChI is InChI=1S/C12H12ClN3O3/c13-12-7-2-1-6(3-8(7)15-5-16-12)11(19)9(17)4-10(14)18/h1-3,5,9,11,17,19H,4H2,(H2,14,18). The van der Waals surface area contributed by atoms with Crippen LogP contribution >= 0.6 is 11.6 Å². The van der Waals surface area contributed by atoms with E-state index in [1.54, 1.807) is 18.2 Å². The highest BCUT2D eigenvalue weighted by atomic mass is 35.5. The fourth-order valence-corrected chi connectivity index (χ4v) is 1.97. The summed E-state index contributed by atoms with van der Waals surface area (Å²) in [5.41, 5.74) is 5.94. The van der Waals surface area contributed by atoms with Gasteiger partial charge in [0.05, 0.1) is 18.0 Å². The number of carbonyl (C=O) groups is 1. The summed E-state index contributed by atoms with van der Waals surface area (Å²) in [5.74, 6) is -0.683. The molecule has 100 valence electrons. The summed E-state index contributed by atoms with van der Waals surface area (Å²) in [4.78, 5) is 18.6. The highest BCUT2D eigenvalue weighted by Gasteiger charge is 2.20. The maximum Gasteiger partial charge on any atom is 0.220 e. The van der Waals surface area contributed by atoms with Gasteiger partial charge in [0, 0.05) is 5.39 Å². The number of nitrogens with zero attached hydrogens (tertiary/aromatic N) is 2. The lowest BCUT2D eigenvalue weighted by atomic mass is 10.0. The first-order valence-electron chi connectivity index (χ1n) is 5.53. The van der Waals surface area contributed by atoms with Crippen molar-refractivity contribution in [3.8, 4) is 0 Å². The minimum atomic E-state index is -1.26. The molecule has 0 aliphatic heterocycles. The Bertz CT molecular complexity index is 620. The van der Waals surface area contributed by atoms with Crippen molar-refractivity contribution in [2.24, 2.45) is 5.73 Å². The molecular weight excluding hydrogens is 270 g/mol. The number of primary amides is 1. The number of fused-ring (bicyclic) bond motifs is 1. The quantitative estimate of drug-likeness (QED) is 0.709. The van der Waals surface area contributed by atoms with Crippen LogP contribution in [0.4, 0.5) is 0 Å². The summed E-state index contributed by atoms with van der Waals surface area (Å²) >= 11 is 5.90. The normalized spacial score (nSPS) is 14.3. The second-order valence-corrected chi connectivity index (χ2v) is 4.48. The molecule has 6 nitrogen and oxygen atoms in total. The Morgan fingerprint density at radius 1 is 1.37 bits per heavy atom. The Labute approximate surface area is 113 Å². The molecule has 7 heteroatoms. The monoisotopic (exact) mass is 281 g/mol. The molecular formula is C12H12ClN3O3. The number of aromatic nitrogens is 2. The minimum Gasteiger partial charge on any atom is -0.390 e. The number of hydrogen-bond donors (Lipinski definition) is 3. The highest BCUT2D eigenvalue weighted by molar-refractivity contribution is 6.34.